The number of Topliss-reactive ketones (excluding diaryl/α,β-unsaturated/α-hetero) is 1. The smallest absolute Gasteiger partial charge is 0.328 e. The van der Waals surface area contributed by atoms with Crippen LogP contribution in [0.3, 0.4) is 0 Å². The topological polar surface area (TPSA) is 81.7 Å². The molecule has 2 aliphatic heterocycles. The molecule has 0 bridgehead atoms. The molecule has 0 saturated carbocycles. The van der Waals surface area contributed by atoms with Gasteiger partial charge in [-0.3, -0.25) is 14.5 Å². The molecule has 2 fully saturated rings. The van der Waals surface area contributed by atoms with Gasteiger partial charge in [-0.1, -0.05) is 0 Å². The van der Waals surface area contributed by atoms with E-state index in [9.17, 15) is 14.7 Å². The number of hydrogen-bond donors (Lipinski definition) is 3. The zero-order chi connectivity index (χ0) is 12.3. The Morgan fingerprint density at radius 1 is 1.24 bits per heavy atom. The molecular formula is C11H19N3O3. The van der Waals surface area contributed by atoms with E-state index in [0.29, 0.717) is 13.1 Å². The molecule has 0 aromatic rings. The third-order valence-electron chi connectivity index (χ3n) is 3.42. The molecule has 3 N–H and O–H groups in total. The highest BCUT2D eigenvalue weighted by Gasteiger charge is 2.38. The van der Waals surface area contributed by atoms with Crippen molar-refractivity contribution in [1.82, 2.24) is 15.5 Å². The van der Waals surface area contributed by atoms with Gasteiger partial charge in [0.1, 0.15) is 0 Å². The third kappa shape index (κ3) is 2.83. The number of piperazine rings is 1. The lowest BCUT2D eigenvalue weighted by Gasteiger charge is -2.32. The van der Waals surface area contributed by atoms with Gasteiger partial charge >= 0.3 is 5.97 Å². The minimum absolute atomic E-state index is 0.183. The Balaban J connectivity index is 2.04. The summed E-state index contributed by atoms with van der Waals surface area (Å²) in [6.45, 7) is 3.54. The second-order valence-electron chi connectivity index (χ2n) is 4.58. The normalized spacial score (nSPS) is 27.9. The monoisotopic (exact) mass is 241 g/mol. The van der Waals surface area contributed by atoms with Gasteiger partial charge in [0.25, 0.3) is 0 Å². The third-order valence-corrected chi connectivity index (χ3v) is 3.42. The second kappa shape index (κ2) is 5.57. The minimum Gasteiger partial charge on any atom is -0.480 e. The van der Waals surface area contributed by atoms with E-state index in [2.05, 4.69) is 10.6 Å². The molecule has 0 amide bonds. The van der Waals surface area contributed by atoms with Crippen molar-refractivity contribution in [3.8, 4) is 0 Å². The lowest BCUT2D eigenvalue weighted by Crippen LogP contribution is -2.57. The predicted octanol–water partition coefficient (Wildman–Crippen LogP) is -1.33. The van der Waals surface area contributed by atoms with Crippen molar-refractivity contribution in [3.05, 3.63) is 0 Å². The molecule has 2 saturated heterocycles. The van der Waals surface area contributed by atoms with Gasteiger partial charge in [0, 0.05) is 26.2 Å². The number of nitrogens with zero attached hydrogens (tertiary/aromatic N) is 1. The zero-order valence-corrected chi connectivity index (χ0v) is 9.82. The van der Waals surface area contributed by atoms with E-state index in [-0.39, 0.29) is 11.8 Å². The van der Waals surface area contributed by atoms with Crippen LogP contribution in [-0.4, -0.2) is 66.6 Å². The van der Waals surface area contributed by atoms with Crippen LogP contribution in [-0.2, 0) is 9.59 Å². The highest BCUT2D eigenvalue weighted by atomic mass is 16.4. The summed E-state index contributed by atoms with van der Waals surface area (Å²) in [4.78, 5) is 25.2. The number of ketones is 1. The fourth-order valence-corrected chi connectivity index (χ4v) is 2.52. The van der Waals surface area contributed by atoms with Crippen LogP contribution in [0.15, 0.2) is 0 Å². The van der Waals surface area contributed by atoms with Gasteiger partial charge in [0.15, 0.2) is 11.8 Å². The average molecular weight is 241 g/mol. The molecular weight excluding hydrogens is 222 g/mol. The van der Waals surface area contributed by atoms with Crippen LogP contribution >= 0.6 is 0 Å². The van der Waals surface area contributed by atoms with Gasteiger partial charge < -0.3 is 15.7 Å². The largest absolute Gasteiger partial charge is 0.480 e. The Labute approximate surface area is 100 Å². The van der Waals surface area contributed by atoms with Crippen molar-refractivity contribution < 1.29 is 14.7 Å². The van der Waals surface area contributed by atoms with Crippen molar-refractivity contribution in [1.29, 1.82) is 0 Å². The fraction of sp³-hybridized carbons (Fsp3) is 0.818. The maximum atomic E-state index is 12.2. The highest BCUT2D eigenvalue weighted by Crippen LogP contribution is 2.12. The quantitative estimate of drug-likeness (QED) is 0.529. The van der Waals surface area contributed by atoms with E-state index in [0.717, 1.165) is 32.5 Å². The van der Waals surface area contributed by atoms with E-state index < -0.39 is 12.0 Å². The molecule has 2 atom stereocenters. The summed E-state index contributed by atoms with van der Waals surface area (Å²) in [5.74, 6) is -1.21. The predicted molar refractivity (Wildman–Crippen MR) is 61.9 cm³/mol. The molecule has 2 heterocycles. The van der Waals surface area contributed by atoms with E-state index in [1.54, 1.807) is 4.90 Å². The summed E-state index contributed by atoms with van der Waals surface area (Å²) in [5, 5.41) is 15.5. The Kier molecular flexibility index (Phi) is 4.09. The molecule has 2 rings (SSSR count). The first-order chi connectivity index (χ1) is 8.20. The van der Waals surface area contributed by atoms with Gasteiger partial charge in [0.05, 0.1) is 6.04 Å². The molecule has 2 aliphatic rings. The van der Waals surface area contributed by atoms with E-state index >= 15 is 0 Å². The molecule has 0 aliphatic carbocycles. The first kappa shape index (κ1) is 12.5. The van der Waals surface area contributed by atoms with Gasteiger partial charge in [-0.2, -0.15) is 0 Å². The van der Waals surface area contributed by atoms with Crippen molar-refractivity contribution in [2.45, 2.75) is 24.9 Å². The van der Waals surface area contributed by atoms with Crippen molar-refractivity contribution in [2.24, 2.45) is 0 Å². The lowest BCUT2D eigenvalue weighted by atomic mass is 10.0. The van der Waals surface area contributed by atoms with E-state index in [4.69, 9.17) is 0 Å². The average Bonchev–Trinajstić information content (AvgIpc) is 2.83. The SMILES string of the molecule is O=C(O)C(C(=O)C1CCCN1)N1CCNCC1. The standard InChI is InChI=1S/C11H19N3O3/c15-10(8-2-1-3-13-8)9(11(16)17)14-6-4-12-5-7-14/h8-9,12-13H,1-7H2,(H,16,17). The van der Waals surface area contributed by atoms with Gasteiger partial charge in [-0.15, -0.1) is 0 Å². The summed E-state index contributed by atoms with van der Waals surface area (Å²) in [6, 6.07) is -1.25. The number of hydrogen-bond acceptors (Lipinski definition) is 5. The van der Waals surface area contributed by atoms with Crippen LogP contribution in [0, 0.1) is 0 Å². The summed E-state index contributed by atoms with van der Waals surface area (Å²) in [7, 11) is 0. The number of nitrogens with one attached hydrogen (secondary N) is 2. The molecule has 6 heteroatoms. The van der Waals surface area contributed by atoms with Crippen molar-refractivity contribution in [3.63, 3.8) is 0 Å². The fourth-order valence-electron chi connectivity index (χ4n) is 2.52. The Hall–Kier alpha value is -0.980. The van der Waals surface area contributed by atoms with Crippen molar-refractivity contribution in [2.75, 3.05) is 32.7 Å². The minimum atomic E-state index is -1.02. The van der Waals surface area contributed by atoms with Gasteiger partial charge in [-0.05, 0) is 19.4 Å². The van der Waals surface area contributed by atoms with Crippen molar-refractivity contribution >= 4 is 11.8 Å². The van der Waals surface area contributed by atoms with E-state index in [1.807, 2.05) is 0 Å². The zero-order valence-electron chi connectivity index (χ0n) is 9.82. The van der Waals surface area contributed by atoms with Crippen LogP contribution in [0.1, 0.15) is 12.8 Å². The van der Waals surface area contributed by atoms with Gasteiger partial charge in [0.2, 0.25) is 0 Å². The molecule has 0 aromatic heterocycles. The van der Waals surface area contributed by atoms with E-state index in [1.165, 1.54) is 0 Å². The summed E-state index contributed by atoms with van der Waals surface area (Å²) in [6.07, 6.45) is 1.71. The number of aliphatic carboxylic acids is 1. The van der Waals surface area contributed by atoms with Crippen LogP contribution in [0.5, 0.6) is 0 Å². The maximum Gasteiger partial charge on any atom is 0.328 e. The Bertz CT molecular complexity index is 296. The van der Waals surface area contributed by atoms with Crippen LogP contribution in [0.4, 0.5) is 0 Å². The molecule has 0 aromatic carbocycles. The number of carbonyl (C=O) groups excluding carboxylic acids is 1. The number of carbonyl (C=O) groups is 2. The Morgan fingerprint density at radius 2 is 1.94 bits per heavy atom. The number of carboxylic acid groups (broad SMARTS) is 1. The second-order valence-corrected chi connectivity index (χ2v) is 4.58. The summed E-state index contributed by atoms with van der Waals surface area (Å²) < 4.78 is 0. The first-order valence-electron chi connectivity index (χ1n) is 6.15. The van der Waals surface area contributed by atoms with Gasteiger partial charge in [-0.25, -0.2) is 0 Å². The maximum absolute atomic E-state index is 12.2. The van der Waals surface area contributed by atoms with Crippen LogP contribution < -0.4 is 10.6 Å². The molecule has 0 spiro atoms. The first-order valence-corrected chi connectivity index (χ1v) is 6.15. The molecule has 2 unspecified atom stereocenters. The lowest BCUT2D eigenvalue weighted by molar-refractivity contribution is -0.149. The summed E-state index contributed by atoms with van der Waals surface area (Å²) >= 11 is 0. The van der Waals surface area contributed by atoms with Crippen LogP contribution in [0.25, 0.3) is 0 Å². The molecule has 96 valence electrons. The molecule has 17 heavy (non-hydrogen) atoms. The Morgan fingerprint density at radius 3 is 2.47 bits per heavy atom. The molecule has 0 radical (unpaired) electrons. The highest BCUT2D eigenvalue weighted by molar-refractivity contribution is 6.05. The summed E-state index contributed by atoms with van der Waals surface area (Å²) in [5.41, 5.74) is 0. The number of carboxylic acids is 1. The number of rotatable bonds is 4. The molecule has 6 nitrogen and oxygen atoms in total. The van der Waals surface area contributed by atoms with Crippen LogP contribution in [0.2, 0.25) is 0 Å².